The van der Waals surface area contributed by atoms with E-state index in [-0.39, 0.29) is 6.10 Å². The highest BCUT2D eigenvalue weighted by Crippen LogP contribution is 2.34. The zero-order valence-electron chi connectivity index (χ0n) is 10.6. The third-order valence-electron chi connectivity index (χ3n) is 4.20. The van der Waals surface area contributed by atoms with Crippen LogP contribution in [0.2, 0.25) is 0 Å². The fourth-order valence-corrected chi connectivity index (χ4v) is 3.06. The fraction of sp³-hybridized carbons (Fsp3) is 0.600. The molecule has 3 rings (SSSR count). The van der Waals surface area contributed by atoms with Crippen LogP contribution in [0.1, 0.15) is 49.3 Å². The number of hydrogen-bond donors (Lipinski definition) is 2. The van der Waals surface area contributed by atoms with E-state index in [2.05, 4.69) is 0 Å². The van der Waals surface area contributed by atoms with E-state index in [0.717, 1.165) is 49.8 Å². The van der Waals surface area contributed by atoms with E-state index in [0.29, 0.717) is 6.61 Å². The average molecular weight is 248 g/mol. The van der Waals surface area contributed by atoms with E-state index < -0.39 is 5.60 Å². The van der Waals surface area contributed by atoms with E-state index in [4.69, 9.17) is 4.74 Å². The predicted molar refractivity (Wildman–Crippen MR) is 68.6 cm³/mol. The predicted octanol–water partition coefficient (Wildman–Crippen LogP) is 2.35. The lowest BCUT2D eigenvalue weighted by atomic mass is 10.0. The van der Waals surface area contributed by atoms with Crippen LogP contribution in [0.3, 0.4) is 0 Å². The van der Waals surface area contributed by atoms with Crippen LogP contribution >= 0.6 is 0 Å². The Morgan fingerprint density at radius 3 is 2.83 bits per heavy atom. The number of hydrogen-bond acceptors (Lipinski definition) is 3. The molecule has 3 nitrogen and oxygen atoms in total. The first-order valence-corrected chi connectivity index (χ1v) is 6.82. The van der Waals surface area contributed by atoms with Gasteiger partial charge in [-0.25, -0.2) is 0 Å². The van der Waals surface area contributed by atoms with Gasteiger partial charge in [0.25, 0.3) is 0 Å². The summed E-state index contributed by atoms with van der Waals surface area (Å²) in [6.45, 7) is 0.383. The summed E-state index contributed by atoms with van der Waals surface area (Å²) < 4.78 is 5.72. The standard InChI is InChI=1S/C15H20O3/c16-14-6-3-11-9-12(4-5-13(11)14)18-10-15(17)7-1-2-8-15/h4-5,9,14,16-17H,1-3,6-8,10H2/t14-/m1/s1. The number of fused-ring (bicyclic) bond motifs is 1. The van der Waals surface area contributed by atoms with Gasteiger partial charge in [0, 0.05) is 0 Å². The Morgan fingerprint density at radius 1 is 1.28 bits per heavy atom. The minimum Gasteiger partial charge on any atom is -0.491 e. The summed E-state index contributed by atoms with van der Waals surface area (Å²) in [6.07, 6.45) is 5.29. The van der Waals surface area contributed by atoms with Crippen LogP contribution in [0.15, 0.2) is 18.2 Å². The summed E-state index contributed by atoms with van der Waals surface area (Å²) in [5.74, 6) is 0.808. The number of aliphatic hydroxyl groups excluding tert-OH is 1. The highest BCUT2D eigenvalue weighted by Gasteiger charge is 2.32. The zero-order chi connectivity index (χ0) is 12.6. The molecule has 1 saturated carbocycles. The molecule has 0 amide bonds. The number of aliphatic hydroxyl groups is 2. The van der Waals surface area contributed by atoms with Gasteiger partial charge in [-0.3, -0.25) is 0 Å². The monoisotopic (exact) mass is 248 g/mol. The molecule has 2 aliphatic carbocycles. The van der Waals surface area contributed by atoms with Crippen LogP contribution < -0.4 is 4.74 Å². The van der Waals surface area contributed by atoms with Gasteiger partial charge in [0.1, 0.15) is 12.4 Å². The topological polar surface area (TPSA) is 49.7 Å². The Hall–Kier alpha value is -1.06. The lowest BCUT2D eigenvalue weighted by Gasteiger charge is -2.22. The maximum Gasteiger partial charge on any atom is 0.119 e. The summed E-state index contributed by atoms with van der Waals surface area (Å²) in [7, 11) is 0. The Balaban J connectivity index is 1.67. The summed E-state index contributed by atoms with van der Waals surface area (Å²) in [5.41, 5.74) is 1.58. The van der Waals surface area contributed by atoms with Crippen LogP contribution in [0.25, 0.3) is 0 Å². The molecule has 0 heterocycles. The molecule has 1 aromatic carbocycles. The van der Waals surface area contributed by atoms with Crippen LogP contribution in [0, 0.1) is 0 Å². The number of aryl methyl sites for hydroxylation is 1. The molecule has 0 bridgehead atoms. The summed E-state index contributed by atoms with van der Waals surface area (Å²) >= 11 is 0. The second kappa shape index (κ2) is 4.56. The van der Waals surface area contributed by atoms with Crippen LogP contribution in [-0.2, 0) is 6.42 Å². The minimum absolute atomic E-state index is 0.312. The highest BCUT2D eigenvalue weighted by molar-refractivity contribution is 5.39. The van der Waals surface area contributed by atoms with Gasteiger partial charge >= 0.3 is 0 Å². The number of ether oxygens (including phenoxy) is 1. The molecule has 1 fully saturated rings. The first-order chi connectivity index (χ1) is 8.66. The minimum atomic E-state index is -0.626. The van der Waals surface area contributed by atoms with Crippen molar-refractivity contribution in [3.8, 4) is 5.75 Å². The van der Waals surface area contributed by atoms with Crippen molar-refractivity contribution in [2.75, 3.05) is 6.61 Å². The quantitative estimate of drug-likeness (QED) is 0.863. The average Bonchev–Trinajstić information content (AvgIpc) is 2.95. The lowest BCUT2D eigenvalue weighted by Crippen LogP contribution is -2.32. The molecule has 0 spiro atoms. The molecular formula is C15H20O3. The van der Waals surface area contributed by atoms with Gasteiger partial charge in [-0.2, -0.15) is 0 Å². The highest BCUT2D eigenvalue weighted by atomic mass is 16.5. The van der Waals surface area contributed by atoms with Crippen LogP contribution in [0.5, 0.6) is 5.75 Å². The Kier molecular flexibility index (Phi) is 3.04. The maximum atomic E-state index is 10.2. The second-order valence-corrected chi connectivity index (χ2v) is 5.64. The molecule has 18 heavy (non-hydrogen) atoms. The van der Waals surface area contributed by atoms with Gasteiger partial charge in [-0.1, -0.05) is 18.9 Å². The van der Waals surface area contributed by atoms with Gasteiger partial charge in [-0.15, -0.1) is 0 Å². The van der Waals surface area contributed by atoms with Crippen molar-refractivity contribution in [3.63, 3.8) is 0 Å². The van der Waals surface area contributed by atoms with E-state index in [1.165, 1.54) is 5.56 Å². The van der Waals surface area contributed by atoms with Gasteiger partial charge in [0.15, 0.2) is 0 Å². The molecule has 1 aromatic rings. The van der Waals surface area contributed by atoms with E-state index >= 15 is 0 Å². The van der Waals surface area contributed by atoms with Crippen molar-refractivity contribution < 1.29 is 14.9 Å². The third kappa shape index (κ3) is 2.25. The molecule has 98 valence electrons. The molecule has 3 heteroatoms. The van der Waals surface area contributed by atoms with Crippen molar-refractivity contribution in [1.82, 2.24) is 0 Å². The Bertz CT molecular complexity index is 435. The molecule has 2 N–H and O–H groups in total. The van der Waals surface area contributed by atoms with Crippen molar-refractivity contribution in [3.05, 3.63) is 29.3 Å². The number of benzene rings is 1. The van der Waals surface area contributed by atoms with Crippen LogP contribution in [0.4, 0.5) is 0 Å². The normalized spacial score (nSPS) is 25.1. The molecule has 0 aromatic heterocycles. The summed E-state index contributed by atoms with van der Waals surface area (Å²) in [6, 6.07) is 5.84. The van der Waals surface area contributed by atoms with Gasteiger partial charge in [-0.05, 0) is 48.9 Å². The Morgan fingerprint density at radius 2 is 2.06 bits per heavy atom. The van der Waals surface area contributed by atoms with Crippen molar-refractivity contribution in [1.29, 1.82) is 0 Å². The Labute approximate surface area is 107 Å². The van der Waals surface area contributed by atoms with E-state index in [1.54, 1.807) is 0 Å². The second-order valence-electron chi connectivity index (χ2n) is 5.64. The number of rotatable bonds is 3. The first kappa shape index (κ1) is 12.0. The molecule has 0 saturated heterocycles. The fourth-order valence-electron chi connectivity index (χ4n) is 3.06. The van der Waals surface area contributed by atoms with Crippen molar-refractivity contribution >= 4 is 0 Å². The lowest BCUT2D eigenvalue weighted by molar-refractivity contribution is 0.00138. The smallest absolute Gasteiger partial charge is 0.119 e. The molecule has 0 radical (unpaired) electrons. The van der Waals surface area contributed by atoms with E-state index in [1.807, 2.05) is 18.2 Å². The van der Waals surface area contributed by atoms with Crippen molar-refractivity contribution in [2.24, 2.45) is 0 Å². The summed E-state index contributed by atoms with van der Waals surface area (Å²) in [5, 5.41) is 20.0. The molecule has 0 aliphatic heterocycles. The van der Waals surface area contributed by atoms with Crippen molar-refractivity contribution in [2.45, 2.75) is 50.2 Å². The third-order valence-corrected chi connectivity index (χ3v) is 4.20. The first-order valence-electron chi connectivity index (χ1n) is 6.82. The SMILES string of the molecule is O[C@@H]1CCc2cc(OCC3(O)CCCC3)ccc21. The molecule has 1 atom stereocenters. The molecular weight excluding hydrogens is 228 g/mol. The molecule has 2 aliphatic rings. The van der Waals surface area contributed by atoms with E-state index in [9.17, 15) is 10.2 Å². The zero-order valence-corrected chi connectivity index (χ0v) is 10.6. The molecule has 0 unspecified atom stereocenters. The van der Waals surface area contributed by atoms with Gasteiger partial charge < -0.3 is 14.9 Å². The van der Waals surface area contributed by atoms with Gasteiger partial charge in [0.2, 0.25) is 0 Å². The van der Waals surface area contributed by atoms with Crippen LogP contribution in [-0.4, -0.2) is 22.4 Å². The maximum absolute atomic E-state index is 10.2. The summed E-state index contributed by atoms with van der Waals surface area (Å²) in [4.78, 5) is 0. The largest absolute Gasteiger partial charge is 0.491 e. The van der Waals surface area contributed by atoms with Gasteiger partial charge in [0.05, 0.1) is 11.7 Å².